The highest BCUT2D eigenvalue weighted by Crippen LogP contribution is 2.32. The smallest absolute Gasteiger partial charge is 0.248 e. The lowest BCUT2D eigenvalue weighted by Gasteiger charge is -2.13. The molecule has 0 radical (unpaired) electrons. The molecule has 0 aliphatic rings. The topological polar surface area (TPSA) is 86.6 Å². The third kappa shape index (κ3) is 3.31. The van der Waals surface area contributed by atoms with Crippen molar-refractivity contribution in [3.05, 3.63) is 71.4 Å². The molecular weight excluding hydrogens is 338 g/mol. The molecule has 0 aliphatic carbocycles. The molecule has 0 amide bonds. The van der Waals surface area contributed by atoms with Crippen LogP contribution in [0.2, 0.25) is 0 Å². The normalized spacial score (nSPS) is 10.6. The number of nitrogens with one attached hydrogen (secondary N) is 2. The SMILES string of the molecule is Cc1cccc(C)c1Oc1nc(Nc2ccc(C#N)cc2)nc2cc[nH]c12. The minimum Gasteiger partial charge on any atom is -0.436 e. The lowest BCUT2D eigenvalue weighted by Crippen LogP contribution is -2.01. The maximum absolute atomic E-state index is 8.92. The first-order valence-electron chi connectivity index (χ1n) is 8.50. The van der Waals surface area contributed by atoms with Crippen LogP contribution in [0.25, 0.3) is 11.0 Å². The number of hydrogen-bond donors (Lipinski definition) is 2. The molecule has 0 unspecified atom stereocenters. The minimum absolute atomic E-state index is 0.424. The summed E-state index contributed by atoms with van der Waals surface area (Å²) in [5.41, 5.74) is 4.96. The number of benzene rings is 2. The summed E-state index contributed by atoms with van der Waals surface area (Å²) in [4.78, 5) is 12.2. The first-order chi connectivity index (χ1) is 13.1. The van der Waals surface area contributed by atoms with Gasteiger partial charge in [-0.2, -0.15) is 10.2 Å². The second-order valence-corrected chi connectivity index (χ2v) is 6.23. The summed E-state index contributed by atoms with van der Waals surface area (Å²) in [5.74, 6) is 1.67. The lowest BCUT2D eigenvalue weighted by atomic mass is 10.1. The number of rotatable bonds is 4. The number of aryl methyl sites for hydroxylation is 2. The first-order valence-corrected chi connectivity index (χ1v) is 8.50. The van der Waals surface area contributed by atoms with Crippen LogP contribution < -0.4 is 10.1 Å². The van der Waals surface area contributed by atoms with Crippen LogP contribution >= 0.6 is 0 Å². The van der Waals surface area contributed by atoms with Gasteiger partial charge < -0.3 is 15.0 Å². The number of H-pyrrole nitrogens is 1. The summed E-state index contributed by atoms with van der Waals surface area (Å²) in [6.07, 6.45) is 1.81. The molecule has 0 saturated heterocycles. The third-order valence-corrected chi connectivity index (χ3v) is 4.25. The van der Waals surface area contributed by atoms with Gasteiger partial charge in [-0.3, -0.25) is 0 Å². The highest BCUT2D eigenvalue weighted by molar-refractivity contribution is 5.82. The Bertz CT molecular complexity index is 1140. The van der Waals surface area contributed by atoms with Crippen molar-refractivity contribution in [2.75, 3.05) is 5.32 Å². The highest BCUT2D eigenvalue weighted by Gasteiger charge is 2.13. The fraction of sp³-hybridized carbons (Fsp3) is 0.0952. The van der Waals surface area contributed by atoms with E-state index in [0.29, 0.717) is 17.4 Å². The van der Waals surface area contributed by atoms with Crippen molar-refractivity contribution in [1.29, 1.82) is 5.26 Å². The van der Waals surface area contributed by atoms with Crippen LogP contribution in [0.5, 0.6) is 11.6 Å². The van der Waals surface area contributed by atoms with E-state index in [1.54, 1.807) is 12.1 Å². The molecule has 0 fully saturated rings. The number of hydrogen-bond acceptors (Lipinski definition) is 5. The van der Waals surface area contributed by atoms with E-state index >= 15 is 0 Å². The molecule has 0 saturated carbocycles. The Kier molecular flexibility index (Phi) is 4.19. The number of nitriles is 1. The summed E-state index contributed by atoms with van der Waals surface area (Å²) >= 11 is 0. The van der Waals surface area contributed by atoms with E-state index in [4.69, 9.17) is 10.00 Å². The van der Waals surface area contributed by atoms with Gasteiger partial charge in [0.2, 0.25) is 11.8 Å². The zero-order valence-corrected chi connectivity index (χ0v) is 14.9. The summed E-state index contributed by atoms with van der Waals surface area (Å²) in [5, 5.41) is 12.1. The average Bonchev–Trinajstić information content (AvgIpc) is 3.14. The van der Waals surface area contributed by atoms with Crippen LogP contribution in [-0.2, 0) is 0 Å². The second kappa shape index (κ2) is 6.81. The zero-order valence-electron chi connectivity index (χ0n) is 14.9. The maximum Gasteiger partial charge on any atom is 0.248 e. The van der Waals surface area contributed by atoms with Gasteiger partial charge in [0.1, 0.15) is 11.3 Å². The second-order valence-electron chi connectivity index (χ2n) is 6.23. The van der Waals surface area contributed by atoms with E-state index in [9.17, 15) is 0 Å². The number of nitrogens with zero attached hydrogens (tertiary/aromatic N) is 3. The van der Waals surface area contributed by atoms with Crippen molar-refractivity contribution in [3.8, 4) is 17.7 Å². The number of ether oxygens (including phenoxy) is 1. The minimum atomic E-state index is 0.424. The van der Waals surface area contributed by atoms with Gasteiger partial charge in [-0.15, -0.1) is 0 Å². The standard InChI is InChI=1S/C21H17N5O/c1-13-4-3-5-14(2)19(13)27-20-18-17(10-11-23-18)25-21(26-20)24-16-8-6-15(12-22)7-9-16/h3-11,23H,1-2H3,(H,24,25,26). The molecule has 2 aromatic heterocycles. The molecule has 4 rings (SSSR count). The molecule has 2 N–H and O–H groups in total. The van der Waals surface area contributed by atoms with Crippen molar-refractivity contribution in [3.63, 3.8) is 0 Å². The monoisotopic (exact) mass is 355 g/mol. The van der Waals surface area contributed by atoms with Crippen LogP contribution in [-0.4, -0.2) is 15.0 Å². The van der Waals surface area contributed by atoms with Crippen molar-refractivity contribution < 1.29 is 4.74 Å². The predicted octanol–water partition coefficient (Wildman–Crippen LogP) is 4.98. The van der Waals surface area contributed by atoms with Crippen molar-refractivity contribution in [2.45, 2.75) is 13.8 Å². The molecule has 0 aliphatic heterocycles. The van der Waals surface area contributed by atoms with Gasteiger partial charge in [-0.1, -0.05) is 18.2 Å². The van der Waals surface area contributed by atoms with Gasteiger partial charge in [0, 0.05) is 11.9 Å². The van der Waals surface area contributed by atoms with Crippen LogP contribution in [0.1, 0.15) is 16.7 Å². The van der Waals surface area contributed by atoms with Crippen LogP contribution in [0, 0.1) is 25.2 Å². The summed E-state index contributed by atoms with van der Waals surface area (Å²) in [6, 6.07) is 17.1. The third-order valence-electron chi connectivity index (χ3n) is 4.25. The Hall–Kier alpha value is -3.85. The number of aromatic nitrogens is 3. The van der Waals surface area contributed by atoms with E-state index in [0.717, 1.165) is 33.6 Å². The Morgan fingerprint density at radius 1 is 1.00 bits per heavy atom. The van der Waals surface area contributed by atoms with Crippen molar-refractivity contribution in [1.82, 2.24) is 15.0 Å². The Balaban J connectivity index is 1.72. The molecule has 0 bridgehead atoms. The molecule has 0 spiro atoms. The molecular formula is C21H17N5O. The molecule has 27 heavy (non-hydrogen) atoms. The van der Waals surface area contributed by atoms with Crippen molar-refractivity contribution >= 4 is 22.7 Å². The van der Waals surface area contributed by atoms with Crippen LogP contribution in [0.15, 0.2) is 54.7 Å². The molecule has 6 nitrogen and oxygen atoms in total. The van der Waals surface area contributed by atoms with E-state index < -0.39 is 0 Å². The van der Waals surface area contributed by atoms with E-state index in [1.165, 1.54) is 0 Å². The average molecular weight is 355 g/mol. The van der Waals surface area contributed by atoms with E-state index in [1.807, 2.05) is 56.4 Å². The van der Waals surface area contributed by atoms with Gasteiger partial charge in [-0.25, -0.2) is 4.98 Å². The molecule has 4 aromatic rings. The van der Waals surface area contributed by atoms with Gasteiger partial charge in [-0.05, 0) is 55.3 Å². The van der Waals surface area contributed by atoms with Crippen LogP contribution in [0.4, 0.5) is 11.6 Å². The number of anilines is 2. The van der Waals surface area contributed by atoms with Gasteiger partial charge >= 0.3 is 0 Å². The maximum atomic E-state index is 8.92. The Morgan fingerprint density at radius 2 is 1.74 bits per heavy atom. The van der Waals surface area contributed by atoms with Crippen molar-refractivity contribution in [2.24, 2.45) is 0 Å². The summed E-state index contributed by atoms with van der Waals surface area (Å²) in [6.45, 7) is 4.01. The van der Waals surface area contributed by atoms with Gasteiger partial charge in [0.25, 0.3) is 0 Å². The van der Waals surface area contributed by atoms with E-state index in [-0.39, 0.29) is 0 Å². The summed E-state index contributed by atoms with van der Waals surface area (Å²) < 4.78 is 6.16. The highest BCUT2D eigenvalue weighted by atomic mass is 16.5. The fourth-order valence-electron chi connectivity index (χ4n) is 2.86. The van der Waals surface area contributed by atoms with E-state index in [2.05, 4.69) is 26.3 Å². The van der Waals surface area contributed by atoms with Crippen LogP contribution in [0.3, 0.4) is 0 Å². The largest absolute Gasteiger partial charge is 0.436 e. The molecule has 0 atom stereocenters. The van der Waals surface area contributed by atoms with Gasteiger partial charge in [0.15, 0.2) is 0 Å². The Labute approximate surface area is 156 Å². The predicted molar refractivity (Wildman–Crippen MR) is 104 cm³/mol. The molecule has 2 heterocycles. The molecule has 2 aromatic carbocycles. The Morgan fingerprint density at radius 3 is 2.44 bits per heavy atom. The fourth-order valence-corrected chi connectivity index (χ4v) is 2.86. The summed E-state index contributed by atoms with van der Waals surface area (Å²) in [7, 11) is 0. The number of fused-ring (bicyclic) bond motifs is 1. The number of para-hydroxylation sites is 1. The zero-order chi connectivity index (χ0) is 18.8. The lowest BCUT2D eigenvalue weighted by molar-refractivity contribution is 0.461. The molecule has 6 heteroatoms. The number of aromatic amines is 1. The first kappa shape index (κ1) is 16.6. The quantitative estimate of drug-likeness (QED) is 0.539. The molecule has 132 valence electrons. The van der Waals surface area contributed by atoms with Gasteiger partial charge in [0.05, 0.1) is 17.1 Å².